The second-order valence-electron chi connectivity index (χ2n) is 6.90. The Hall–Kier alpha value is -0.370. The summed E-state index contributed by atoms with van der Waals surface area (Å²) in [7, 11) is 0. The van der Waals surface area contributed by atoms with Crippen LogP contribution >= 0.6 is 0 Å². The van der Waals surface area contributed by atoms with E-state index in [0.717, 1.165) is 13.0 Å². The first-order chi connectivity index (χ1) is 6.73. The summed E-state index contributed by atoms with van der Waals surface area (Å²) in [6.45, 7) is 12.6. The molecular formula is C13H24N2. The van der Waals surface area contributed by atoms with Gasteiger partial charge >= 0.3 is 0 Å². The van der Waals surface area contributed by atoms with E-state index < -0.39 is 0 Å². The molecule has 0 aliphatic carbocycles. The molecule has 0 aromatic carbocycles. The summed E-state index contributed by atoms with van der Waals surface area (Å²) in [5, 5.41) is 3.69. The van der Waals surface area contributed by atoms with Gasteiger partial charge in [-0.1, -0.05) is 13.8 Å². The number of aliphatic imine (C=N–C) groups is 1. The molecule has 1 atom stereocenters. The standard InChI is InChI=1S/C13H24N2/c1-11(2)8-10-13(5,14-9-11)7-6-12(3,4)15-10/h14H,6-9H2,1-5H3. The van der Waals surface area contributed by atoms with Crippen LogP contribution in [0.25, 0.3) is 0 Å². The summed E-state index contributed by atoms with van der Waals surface area (Å²) in [5.41, 5.74) is 2.11. The minimum Gasteiger partial charge on any atom is -0.306 e. The molecule has 1 N–H and O–H groups in total. The largest absolute Gasteiger partial charge is 0.306 e. The van der Waals surface area contributed by atoms with Crippen LogP contribution in [0.15, 0.2) is 4.99 Å². The van der Waals surface area contributed by atoms with Gasteiger partial charge in [-0.15, -0.1) is 0 Å². The summed E-state index contributed by atoms with van der Waals surface area (Å²) in [4.78, 5) is 4.96. The number of fused-ring (bicyclic) bond motifs is 1. The van der Waals surface area contributed by atoms with Crippen LogP contribution in [0.3, 0.4) is 0 Å². The zero-order valence-electron chi connectivity index (χ0n) is 10.8. The lowest BCUT2D eigenvalue weighted by Gasteiger charge is -2.48. The monoisotopic (exact) mass is 208 g/mol. The average molecular weight is 208 g/mol. The van der Waals surface area contributed by atoms with Gasteiger partial charge in [-0.05, 0) is 45.4 Å². The van der Waals surface area contributed by atoms with E-state index in [1.807, 2.05) is 0 Å². The van der Waals surface area contributed by atoms with Gasteiger partial charge in [0.1, 0.15) is 0 Å². The Morgan fingerprint density at radius 1 is 1.07 bits per heavy atom. The number of piperidine rings is 1. The lowest BCUT2D eigenvalue weighted by molar-refractivity contribution is 0.235. The van der Waals surface area contributed by atoms with E-state index in [4.69, 9.17) is 4.99 Å². The molecule has 0 aromatic heterocycles. The maximum Gasteiger partial charge on any atom is 0.0553 e. The SMILES string of the molecule is CC1(C)CNC2(C)CCC(C)(C)N=C2C1. The summed E-state index contributed by atoms with van der Waals surface area (Å²) < 4.78 is 0. The maximum atomic E-state index is 4.96. The molecule has 1 unspecified atom stereocenters. The first-order valence-corrected chi connectivity index (χ1v) is 6.07. The molecule has 2 heterocycles. The quantitative estimate of drug-likeness (QED) is 0.650. The molecule has 0 bridgehead atoms. The molecule has 2 heteroatoms. The van der Waals surface area contributed by atoms with Crippen LogP contribution in [0.2, 0.25) is 0 Å². The lowest BCUT2D eigenvalue weighted by atomic mass is 9.71. The van der Waals surface area contributed by atoms with E-state index in [1.165, 1.54) is 18.6 Å². The van der Waals surface area contributed by atoms with Crippen molar-refractivity contribution in [3.05, 3.63) is 0 Å². The fourth-order valence-corrected chi connectivity index (χ4v) is 2.62. The minimum absolute atomic E-state index is 0.157. The highest BCUT2D eigenvalue weighted by Gasteiger charge is 2.43. The Morgan fingerprint density at radius 3 is 2.40 bits per heavy atom. The topological polar surface area (TPSA) is 24.4 Å². The van der Waals surface area contributed by atoms with Crippen molar-refractivity contribution in [2.24, 2.45) is 10.4 Å². The van der Waals surface area contributed by atoms with Gasteiger partial charge in [0.15, 0.2) is 0 Å². The predicted octanol–water partition coefficient (Wildman–Crippen LogP) is 2.78. The van der Waals surface area contributed by atoms with E-state index >= 15 is 0 Å². The molecule has 1 saturated heterocycles. The van der Waals surface area contributed by atoms with Crippen molar-refractivity contribution in [1.82, 2.24) is 5.32 Å². The molecule has 86 valence electrons. The zero-order valence-corrected chi connectivity index (χ0v) is 10.8. The second-order valence-corrected chi connectivity index (χ2v) is 6.90. The Morgan fingerprint density at radius 2 is 1.73 bits per heavy atom. The molecule has 0 radical (unpaired) electrons. The predicted molar refractivity (Wildman–Crippen MR) is 65.6 cm³/mol. The third-order valence-corrected chi connectivity index (χ3v) is 3.91. The van der Waals surface area contributed by atoms with Crippen LogP contribution in [0.1, 0.15) is 53.9 Å². The molecule has 0 aromatic rings. The van der Waals surface area contributed by atoms with Crippen molar-refractivity contribution in [2.45, 2.75) is 65.0 Å². The summed E-state index contributed by atoms with van der Waals surface area (Å²) in [6.07, 6.45) is 3.58. The molecule has 2 aliphatic heterocycles. The van der Waals surface area contributed by atoms with Gasteiger partial charge in [0, 0.05) is 12.3 Å². The number of rotatable bonds is 0. The maximum absolute atomic E-state index is 4.96. The van der Waals surface area contributed by atoms with Crippen LogP contribution in [-0.4, -0.2) is 23.3 Å². The van der Waals surface area contributed by atoms with Crippen molar-refractivity contribution in [1.29, 1.82) is 0 Å². The highest BCUT2D eigenvalue weighted by Crippen LogP contribution is 2.38. The molecule has 2 aliphatic rings. The molecule has 0 spiro atoms. The van der Waals surface area contributed by atoms with Crippen molar-refractivity contribution in [3.8, 4) is 0 Å². The highest BCUT2D eigenvalue weighted by atomic mass is 15.1. The van der Waals surface area contributed by atoms with Crippen molar-refractivity contribution >= 4 is 5.71 Å². The van der Waals surface area contributed by atoms with E-state index in [1.54, 1.807) is 0 Å². The number of hydrogen-bond donors (Lipinski definition) is 1. The Kier molecular flexibility index (Phi) is 2.27. The molecule has 0 amide bonds. The van der Waals surface area contributed by atoms with E-state index in [9.17, 15) is 0 Å². The van der Waals surface area contributed by atoms with Gasteiger partial charge < -0.3 is 5.32 Å². The van der Waals surface area contributed by atoms with Crippen LogP contribution in [0.4, 0.5) is 0 Å². The Labute approximate surface area is 93.6 Å². The van der Waals surface area contributed by atoms with Crippen molar-refractivity contribution < 1.29 is 0 Å². The Bertz CT molecular complexity index is 302. The number of nitrogens with zero attached hydrogens (tertiary/aromatic N) is 1. The van der Waals surface area contributed by atoms with E-state index in [-0.39, 0.29) is 11.1 Å². The first kappa shape index (κ1) is 11.1. The van der Waals surface area contributed by atoms with Gasteiger partial charge in [-0.25, -0.2) is 0 Å². The van der Waals surface area contributed by atoms with Crippen LogP contribution in [-0.2, 0) is 0 Å². The molecule has 0 saturated carbocycles. The second kappa shape index (κ2) is 3.07. The highest BCUT2D eigenvalue weighted by molar-refractivity contribution is 5.95. The fourth-order valence-electron chi connectivity index (χ4n) is 2.62. The van der Waals surface area contributed by atoms with Crippen molar-refractivity contribution in [3.63, 3.8) is 0 Å². The Balaban J connectivity index is 2.31. The molecule has 2 nitrogen and oxygen atoms in total. The van der Waals surface area contributed by atoms with Gasteiger partial charge in [0.05, 0.1) is 11.1 Å². The molecular weight excluding hydrogens is 184 g/mol. The van der Waals surface area contributed by atoms with Crippen LogP contribution in [0, 0.1) is 5.41 Å². The smallest absolute Gasteiger partial charge is 0.0553 e. The average Bonchev–Trinajstić information content (AvgIpc) is 2.07. The zero-order chi connectivity index (χ0) is 11.3. The summed E-state index contributed by atoms with van der Waals surface area (Å²) in [5.74, 6) is 0. The summed E-state index contributed by atoms with van der Waals surface area (Å²) in [6, 6.07) is 0. The number of nitrogens with one attached hydrogen (secondary N) is 1. The number of hydrogen-bond acceptors (Lipinski definition) is 2. The lowest BCUT2D eigenvalue weighted by Crippen LogP contribution is -2.60. The normalized spacial score (nSPS) is 38.1. The van der Waals surface area contributed by atoms with E-state index in [0.29, 0.717) is 5.41 Å². The van der Waals surface area contributed by atoms with Crippen LogP contribution < -0.4 is 5.32 Å². The summed E-state index contributed by atoms with van der Waals surface area (Å²) >= 11 is 0. The van der Waals surface area contributed by atoms with Crippen LogP contribution in [0.5, 0.6) is 0 Å². The van der Waals surface area contributed by atoms with E-state index in [2.05, 4.69) is 39.9 Å². The molecule has 2 rings (SSSR count). The van der Waals surface area contributed by atoms with Crippen molar-refractivity contribution in [2.75, 3.05) is 6.54 Å². The molecule has 1 fully saturated rings. The van der Waals surface area contributed by atoms with Gasteiger partial charge in [-0.3, -0.25) is 4.99 Å². The van der Waals surface area contributed by atoms with Gasteiger partial charge in [0.2, 0.25) is 0 Å². The minimum atomic E-state index is 0.157. The van der Waals surface area contributed by atoms with Gasteiger partial charge in [-0.2, -0.15) is 0 Å². The third kappa shape index (κ3) is 2.10. The third-order valence-electron chi connectivity index (χ3n) is 3.91. The fraction of sp³-hybridized carbons (Fsp3) is 0.923. The first-order valence-electron chi connectivity index (χ1n) is 6.07. The molecule has 15 heavy (non-hydrogen) atoms. The van der Waals surface area contributed by atoms with Gasteiger partial charge in [0.25, 0.3) is 0 Å².